The number of rotatable bonds is 4. The first kappa shape index (κ1) is 20.4. The maximum Gasteiger partial charge on any atom is 0.323 e. The Morgan fingerprint density at radius 3 is 2.33 bits per heavy atom. The molecule has 0 bridgehead atoms. The summed E-state index contributed by atoms with van der Waals surface area (Å²) in [6.07, 6.45) is 0. The van der Waals surface area contributed by atoms with Crippen LogP contribution >= 0.6 is 23.2 Å². The molecule has 7 nitrogen and oxygen atoms in total. The molecule has 2 heterocycles. The number of hydrogen-bond acceptors (Lipinski definition) is 5. The van der Waals surface area contributed by atoms with Gasteiger partial charge in [-0.1, -0.05) is 35.3 Å². The molecule has 0 aliphatic carbocycles. The quantitative estimate of drug-likeness (QED) is 0.597. The van der Waals surface area contributed by atoms with Crippen molar-refractivity contribution in [1.82, 2.24) is 10.2 Å². The van der Waals surface area contributed by atoms with Crippen LogP contribution in [-0.4, -0.2) is 42.5 Å². The number of nitrogens with zero attached hydrogens (tertiary/aromatic N) is 3. The standard InChI is InChI=1S/C21H19Cl2N5O2/c22-15-11-16(23)13-18(12-15)25-21(29)24-17-3-1-2-14(10-17)19-4-5-20(27-26-19)28-6-8-30-9-7-28/h1-5,10-13H,6-9H2,(H2,24,25,29). The fraction of sp³-hybridized carbons (Fsp3) is 0.190. The first-order valence-electron chi connectivity index (χ1n) is 9.38. The van der Waals surface area contributed by atoms with Crippen LogP contribution in [0.1, 0.15) is 0 Å². The highest BCUT2D eigenvalue weighted by molar-refractivity contribution is 6.35. The van der Waals surface area contributed by atoms with Crippen molar-refractivity contribution in [2.24, 2.45) is 0 Å². The van der Waals surface area contributed by atoms with E-state index < -0.39 is 6.03 Å². The first-order chi connectivity index (χ1) is 14.6. The van der Waals surface area contributed by atoms with Crippen LogP contribution < -0.4 is 15.5 Å². The van der Waals surface area contributed by atoms with Crippen molar-refractivity contribution in [2.45, 2.75) is 0 Å². The van der Waals surface area contributed by atoms with Crippen LogP contribution in [0, 0.1) is 0 Å². The van der Waals surface area contributed by atoms with E-state index in [1.807, 2.05) is 30.3 Å². The number of halogens is 2. The van der Waals surface area contributed by atoms with Gasteiger partial charge in [0.15, 0.2) is 5.82 Å². The predicted octanol–water partition coefficient (Wildman–Crippen LogP) is 4.93. The lowest BCUT2D eigenvalue weighted by atomic mass is 10.1. The number of benzene rings is 2. The van der Waals surface area contributed by atoms with Crippen LogP contribution in [0.2, 0.25) is 10.0 Å². The third-order valence-electron chi connectivity index (χ3n) is 4.52. The number of morpholine rings is 1. The van der Waals surface area contributed by atoms with Gasteiger partial charge in [-0.05, 0) is 42.5 Å². The summed E-state index contributed by atoms with van der Waals surface area (Å²) in [6.45, 7) is 3.00. The van der Waals surface area contributed by atoms with E-state index in [0.717, 1.165) is 30.2 Å². The molecule has 2 amide bonds. The largest absolute Gasteiger partial charge is 0.378 e. The first-order valence-corrected chi connectivity index (χ1v) is 10.1. The molecular formula is C21H19Cl2N5O2. The van der Waals surface area contributed by atoms with Crippen molar-refractivity contribution >= 4 is 46.4 Å². The maximum absolute atomic E-state index is 12.3. The molecule has 1 aliphatic heterocycles. The van der Waals surface area contributed by atoms with Gasteiger partial charge >= 0.3 is 6.03 Å². The number of aromatic nitrogens is 2. The molecular weight excluding hydrogens is 425 g/mol. The van der Waals surface area contributed by atoms with E-state index in [9.17, 15) is 4.79 Å². The van der Waals surface area contributed by atoms with Crippen LogP contribution in [0.15, 0.2) is 54.6 Å². The Labute approximate surface area is 184 Å². The van der Waals surface area contributed by atoms with Gasteiger partial charge in [0.25, 0.3) is 0 Å². The van der Waals surface area contributed by atoms with Crippen LogP contribution in [0.25, 0.3) is 11.3 Å². The molecule has 0 radical (unpaired) electrons. The molecule has 154 valence electrons. The molecule has 0 saturated carbocycles. The number of carbonyl (C=O) groups is 1. The molecule has 1 aromatic heterocycles. The van der Waals surface area contributed by atoms with Gasteiger partial charge in [-0.3, -0.25) is 0 Å². The van der Waals surface area contributed by atoms with E-state index in [1.165, 1.54) is 0 Å². The molecule has 0 unspecified atom stereocenters. The molecule has 0 atom stereocenters. The third kappa shape index (κ3) is 5.18. The average molecular weight is 444 g/mol. The van der Waals surface area contributed by atoms with Gasteiger partial charge in [-0.2, -0.15) is 0 Å². The molecule has 2 N–H and O–H groups in total. The highest BCUT2D eigenvalue weighted by atomic mass is 35.5. The lowest BCUT2D eigenvalue weighted by molar-refractivity contribution is 0.122. The zero-order valence-electron chi connectivity index (χ0n) is 15.9. The highest BCUT2D eigenvalue weighted by Gasteiger charge is 2.13. The molecule has 2 aromatic carbocycles. The van der Waals surface area contributed by atoms with Gasteiger partial charge in [0.05, 0.1) is 18.9 Å². The molecule has 0 spiro atoms. The van der Waals surface area contributed by atoms with Crippen molar-refractivity contribution < 1.29 is 9.53 Å². The lowest BCUT2D eigenvalue weighted by Gasteiger charge is -2.27. The topological polar surface area (TPSA) is 79.4 Å². The molecule has 30 heavy (non-hydrogen) atoms. The minimum absolute atomic E-state index is 0.403. The van der Waals surface area contributed by atoms with Crippen molar-refractivity contribution in [3.63, 3.8) is 0 Å². The minimum atomic E-state index is -0.403. The second kappa shape index (κ2) is 9.30. The fourth-order valence-corrected chi connectivity index (χ4v) is 3.64. The Balaban J connectivity index is 1.43. The van der Waals surface area contributed by atoms with Gasteiger partial charge in [-0.25, -0.2) is 4.79 Å². The van der Waals surface area contributed by atoms with Gasteiger partial charge in [0.2, 0.25) is 0 Å². The summed E-state index contributed by atoms with van der Waals surface area (Å²) >= 11 is 11.9. The Morgan fingerprint density at radius 1 is 0.900 bits per heavy atom. The third-order valence-corrected chi connectivity index (χ3v) is 4.96. The monoisotopic (exact) mass is 443 g/mol. The number of anilines is 3. The summed E-state index contributed by atoms with van der Waals surface area (Å²) in [4.78, 5) is 14.5. The molecule has 1 aliphatic rings. The minimum Gasteiger partial charge on any atom is -0.378 e. The average Bonchev–Trinajstić information content (AvgIpc) is 2.74. The predicted molar refractivity (Wildman–Crippen MR) is 120 cm³/mol. The number of hydrogen-bond donors (Lipinski definition) is 2. The van der Waals surface area contributed by atoms with E-state index in [4.69, 9.17) is 27.9 Å². The lowest BCUT2D eigenvalue weighted by Crippen LogP contribution is -2.36. The number of carbonyl (C=O) groups excluding carboxylic acids is 1. The van der Waals surface area contributed by atoms with Gasteiger partial charge in [0, 0.05) is 40.1 Å². The van der Waals surface area contributed by atoms with Crippen molar-refractivity contribution in [3.05, 3.63) is 64.6 Å². The Bertz CT molecular complexity index is 1020. The summed E-state index contributed by atoms with van der Waals surface area (Å²) in [5, 5.41) is 15.1. The Hall–Kier alpha value is -2.87. The van der Waals surface area contributed by atoms with E-state index in [0.29, 0.717) is 34.6 Å². The van der Waals surface area contributed by atoms with E-state index >= 15 is 0 Å². The maximum atomic E-state index is 12.3. The molecule has 1 saturated heterocycles. The van der Waals surface area contributed by atoms with Gasteiger partial charge < -0.3 is 20.3 Å². The SMILES string of the molecule is O=C(Nc1cc(Cl)cc(Cl)c1)Nc1cccc(-c2ccc(N3CCOCC3)nn2)c1. The molecule has 3 aromatic rings. The van der Waals surface area contributed by atoms with Crippen LogP contribution in [0.4, 0.5) is 22.0 Å². The molecule has 4 rings (SSSR count). The van der Waals surface area contributed by atoms with Crippen molar-refractivity contribution in [1.29, 1.82) is 0 Å². The summed E-state index contributed by atoms with van der Waals surface area (Å²) < 4.78 is 5.37. The van der Waals surface area contributed by atoms with E-state index in [1.54, 1.807) is 24.3 Å². The zero-order valence-corrected chi connectivity index (χ0v) is 17.5. The second-order valence-electron chi connectivity index (χ2n) is 6.69. The van der Waals surface area contributed by atoms with E-state index in [-0.39, 0.29) is 0 Å². The number of urea groups is 1. The molecule has 9 heteroatoms. The van der Waals surface area contributed by atoms with Crippen molar-refractivity contribution in [3.8, 4) is 11.3 Å². The normalized spacial score (nSPS) is 13.7. The highest BCUT2D eigenvalue weighted by Crippen LogP contribution is 2.24. The van der Waals surface area contributed by atoms with Gasteiger partial charge in [-0.15, -0.1) is 10.2 Å². The Kier molecular flexibility index (Phi) is 6.32. The smallest absolute Gasteiger partial charge is 0.323 e. The van der Waals surface area contributed by atoms with Crippen LogP contribution in [0.5, 0.6) is 0 Å². The summed E-state index contributed by atoms with van der Waals surface area (Å²) in [7, 11) is 0. The number of amides is 2. The number of nitrogens with one attached hydrogen (secondary N) is 2. The van der Waals surface area contributed by atoms with Crippen molar-refractivity contribution in [2.75, 3.05) is 41.8 Å². The fourth-order valence-electron chi connectivity index (χ4n) is 3.12. The van der Waals surface area contributed by atoms with Crippen LogP contribution in [-0.2, 0) is 4.74 Å². The summed E-state index contributed by atoms with van der Waals surface area (Å²) in [6, 6.07) is 15.7. The number of ether oxygens (including phenoxy) is 1. The molecule has 1 fully saturated rings. The summed E-state index contributed by atoms with van der Waals surface area (Å²) in [5.41, 5.74) is 2.69. The van der Waals surface area contributed by atoms with Gasteiger partial charge in [0.1, 0.15) is 0 Å². The van der Waals surface area contributed by atoms with Crippen LogP contribution in [0.3, 0.4) is 0 Å². The second-order valence-corrected chi connectivity index (χ2v) is 7.57. The Morgan fingerprint density at radius 2 is 1.63 bits per heavy atom. The van der Waals surface area contributed by atoms with E-state index in [2.05, 4.69) is 25.7 Å². The zero-order chi connectivity index (χ0) is 20.9. The summed E-state index contributed by atoms with van der Waals surface area (Å²) in [5.74, 6) is 0.830.